The lowest BCUT2D eigenvalue weighted by atomic mass is 10.0. The molecule has 1 rings (SSSR count). The molecular weight excluding hydrogens is 215 g/mol. The summed E-state index contributed by atoms with van der Waals surface area (Å²) in [4.78, 5) is 11.3. The average Bonchev–Trinajstić information content (AvgIpc) is 2.34. The maximum absolute atomic E-state index is 13.6. The van der Waals surface area contributed by atoms with E-state index in [1.807, 2.05) is 6.07 Å². The second-order valence-corrected chi connectivity index (χ2v) is 4.19. The van der Waals surface area contributed by atoms with Gasteiger partial charge in [0.1, 0.15) is 5.82 Å². The number of halogens is 1. The molecule has 0 saturated carbocycles. The molecule has 1 aromatic carbocycles. The summed E-state index contributed by atoms with van der Waals surface area (Å²) in [5.74, 6) is -0.803. The lowest BCUT2D eigenvalue weighted by Gasteiger charge is -2.04. The first-order chi connectivity index (χ1) is 8.19. The van der Waals surface area contributed by atoms with E-state index in [-0.39, 0.29) is 11.3 Å². The molecule has 0 aliphatic carbocycles. The monoisotopic (exact) mass is 234 g/mol. The Kier molecular flexibility index (Phi) is 5.61. The topological polar surface area (TPSA) is 17.1 Å². The molecule has 0 heterocycles. The summed E-state index contributed by atoms with van der Waals surface area (Å²) >= 11 is 0. The van der Waals surface area contributed by atoms with E-state index in [0.29, 0.717) is 0 Å². The predicted octanol–water partition coefficient (Wildman–Crippen LogP) is 4.32. The highest BCUT2D eigenvalue weighted by atomic mass is 19.1. The van der Waals surface area contributed by atoms with E-state index in [1.54, 1.807) is 6.07 Å². The molecule has 1 nitrogen and oxygen atoms in total. The van der Waals surface area contributed by atoms with Gasteiger partial charge in [0, 0.05) is 0 Å². The standard InChI is InChI=1S/C15H19FO/c1-3-5-6-7-8-12-9-10-13(14(16)11-12)15(17)4-2/h4,9-11H,2-3,5-8H2,1H3. The molecule has 0 fully saturated rings. The van der Waals surface area contributed by atoms with Crippen LogP contribution < -0.4 is 0 Å². The highest BCUT2D eigenvalue weighted by Crippen LogP contribution is 2.14. The zero-order valence-corrected chi connectivity index (χ0v) is 10.3. The van der Waals surface area contributed by atoms with Crippen LogP contribution in [-0.4, -0.2) is 5.78 Å². The molecule has 0 aromatic heterocycles. The van der Waals surface area contributed by atoms with Crippen molar-refractivity contribution < 1.29 is 9.18 Å². The van der Waals surface area contributed by atoms with Crippen LogP contribution >= 0.6 is 0 Å². The fourth-order valence-corrected chi connectivity index (χ4v) is 1.78. The Morgan fingerprint density at radius 3 is 2.71 bits per heavy atom. The first-order valence-corrected chi connectivity index (χ1v) is 6.14. The highest BCUT2D eigenvalue weighted by Gasteiger charge is 2.08. The lowest BCUT2D eigenvalue weighted by molar-refractivity contribution is 0.104. The van der Waals surface area contributed by atoms with E-state index in [1.165, 1.54) is 25.3 Å². The van der Waals surface area contributed by atoms with Crippen LogP contribution in [0.25, 0.3) is 0 Å². The molecule has 0 spiro atoms. The molecule has 0 amide bonds. The first-order valence-electron chi connectivity index (χ1n) is 6.14. The van der Waals surface area contributed by atoms with Crippen LogP contribution in [0.15, 0.2) is 30.9 Å². The quantitative estimate of drug-likeness (QED) is 0.390. The fourth-order valence-electron chi connectivity index (χ4n) is 1.78. The SMILES string of the molecule is C=CC(=O)c1ccc(CCCCCC)cc1F. The van der Waals surface area contributed by atoms with Crippen molar-refractivity contribution in [2.45, 2.75) is 39.0 Å². The molecule has 0 atom stereocenters. The van der Waals surface area contributed by atoms with Crippen LogP contribution in [-0.2, 0) is 6.42 Å². The van der Waals surface area contributed by atoms with Crippen molar-refractivity contribution in [2.75, 3.05) is 0 Å². The molecule has 0 saturated heterocycles. The smallest absolute Gasteiger partial charge is 0.188 e. The van der Waals surface area contributed by atoms with Crippen LogP contribution in [0.4, 0.5) is 4.39 Å². The first kappa shape index (κ1) is 13.6. The second-order valence-electron chi connectivity index (χ2n) is 4.19. The summed E-state index contributed by atoms with van der Waals surface area (Å²) in [6.07, 6.45) is 6.67. The molecule has 0 aliphatic heterocycles. The third-order valence-electron chi connectivity index (χ3n) is 2.80. The summed E-state index contributed by atoms with van der Waals surface area (Å²) < 4.78 is 13.6. The van der Waals surface area contributed by atoms with Gasteiger partial charge < -0.3 is 0 Å². The summed E-state index contributed by atoms with van der Waals surface area (Å²) in [5.41, 5.74) is 1.07. The maximum Gasteiger partial charge on any atom is 0.188 e. The minimum absolute atomic E-state index is 0.109. The molecule has 0 bridgehead atoms. The number of carbonyl (C=O) groups is 1. The Hall–Kier alpha value is -1.44. The van der Waals surface area contributed by atoms with Crippen LogP contribution in [0.5, 0.6) is 0 Å². The predicted molar refractivity (Wildman–Crippen MR) is 68.8 cm³/mol. The molecule has 92 valence electrons. The Morgan fingerprint density at radius 2 is 2.12 bits per heavy atom. The van der Waals surface area contributed by atoms with Crippen molar-refractivity contribution in [3.05, 3.63) is 47.8 Å². The van der Waals surface area contributed by atoms with Crippen molar-refractivity contribution >= 4 is 5.78 Å². The number of aryl methyl sites for hydroxylation is 1. The van der Waals surface area contributed by atoms with Gasteiger partial charge >= 0.3 is 0 Å². The Balaban J connectivity index is 2.62. The molecule has 1 aromatic rings. The molecule has 2 heteroatoms. The van der Waals surface area contributed by atoms with Crippen molar-refractivity contribution in [1.82, 2.24) is 0 Å². The van der Waals surface area contributed by atoms with Gasteiger partial charge in [-0.25, -0.2) is 4.39 Å². The third kappa shape index (κ3) is 4.14. The van der Waals surface area contributed by atoms with Crippen molar-refractivity contribution in [3.8, 4) is 0 Å². The Morgan fingerprint density at radius 1 is 1.35 bits per heavy atom. The van der Waals surface area contributed by atoms with E-state index in [2.05, 4.69) is 13.5 Å². The summed E-state index contributed by atoms with van der Waals surface area (Å²) in [7, 11) is 0. The van der Waals surface area contributed by atoms with Crippen LogP contribution in [0.2, 0.25) is 0 Å². The summed E-state index contributed by atoms with van der Waals surface area (Å²) in [6.45, 7) is 5.52. The average molecular weight is 234 g/mol. The van der Waals surface area contributed by atoms with Crippen LogP contribution in [0.1, 0.15) is 48.5 Å². The van der Waals surface area contributed by atoms with Crippen molar-refractivity contribution in [2.24, 2.45) is 0 Å². The number of hydrogen-bond acceptors (Lipinski definition) is 1. The van der Waals surface area contributed by atoms with Gasteiger partial charge in [-0.2, -0.15) is 0 Å². The van der Waals surface area contributed by atoms with E-state index in [9.17, 15) is 9.18 Å². The lowest BCUT2D eigenvalue weighted by Crippen LogP contribution is -1.99. The zero-order valence-electron chi connectivity index (χ0n) is 10.3. The van der Waals surface area contributed by atoms with E-state index in [0.717, 1.165) is 24.5 Å². The number of rotatable bonds is 7. The normalized spacial score (nSPS) is 10.2. The van der Waals surface area contributed by atoms with E-state index < -0.39 is 5.82 Å². The van der Waals surface area contributed by atoms with Gasteiger partial charge in [-0.3, -0.25) is 4.79 Å². The number of allylic oxidation sites excluding steroid dienone is 1. The van der Waals surface area contributed by atoms with E-state index in [4.69, 9.17) is 0 Å². The number of ketones is 1. The third-order valence-corrected chi connectivity index (χ3v) is 2.80. The highest BCUT2D eigenvalue weighted by molar-refractivity contribution is 6.04. The zero-order chi connectivity index (χ0) is 12.7. The molecule has 0 radical (unpaired) electrons. The van der Waals surface area contributed by atoms with Crippen molar-refractivity contribution in [3.63, 3.8) is 0 Å². The van der Waals surface area contributed by atoms with Gasteiger partial charge in [0.15, 0.2) is 5.78 Å². The molecule has 0 unspecified atom stereocenters. The van der Waals surface area contributed by atoms with Gasteiger partial charge in [0.2, 0.25) is 0 Å². The Bertz CT molecular complexity index is 396. The van der Waals surface area contributed by atoms with Crippen LogP contribution in [0.3, 0.4) is 0 Å². The minimum atomic E-state index is -0.442. The molecule has 0 aliphatic rings. The molecular formula is C15H19FO. The van der Waals surface area contributed by atoms with Gasteiger partial charge in [-0.1, -0.05) is 38.8 Å². The summed E-state index contributed by atoms with van der Waals surface area (Å²) in [5, 5.41) is 0. The minimum Gasteiger partial charge on any atom is -0.289 e. The molecule has 17 heavy (non-hydrogen) atoms. The van der Waals surface area contributed by atoms with Gasteiger partial charge in [0.25, 0.3) is 0 Å². The van der Waals surface area contributed by atoms with Crippen LogP contribution in [0, 0.1) is 5.82 Å². The number of hydrogen-bond donors (Lipinski definition) is 0. The number of carbonyl (C=O) groups excluding carboxylic acids is 1. The largest absolute Gasteiger partial charge is 0.289 e. The molecule has 0 N–H and O–H groups in total. The number of benzene rings is 1. The van der Waals surface area contributed by atoms with E-state index >= 15 is 0 Å². The van der Waals surface area contributed by atoms with Gasteiger partial charge in [-0.15, -0.1) is 0 Å². The fraction of sp³-hybridized carbons (Fsp3) is 0.400. The second kappa shape index (κ2) is 7.00. The van der Waals surface area contributed by atoms with Gasteiger partial charge in [-0.05, 0) is 36.6 Å². The summed E-state index contributed by atoms with van der Waals surface area (Å²) in [6, 6.07) is 4.84. The van der Waals surface area contributed by atoms with Crippen molar-refractivity contribution in [1.29, 1.82) is 0 Å². The van der Waals surface area contributed by atoms with Gasteiger partial charge in [0.05, 0.1) is 5.56 Å². The number of unbranched alkanes of at least 4 members (excludes halogenated alkanes) is 3. The maximum atomic E-state index is 13.6. The Labute approximate surface area is 102 Å².